The van der Waals surface area contributed by atoms with Gasteiger partial charge in [-0.1, -0.05) is 25.1 Å². The van der Waals surface area contributed by atoms with E-state index in [1.807, 2.05) is 36.2 Å². The standard InChI is InChI=1S/C17H19N3O3/c1-3-14(21)20-15(22)11(2)17-13-8-5-4-7-12(13)16(23)18(17)9-6-10-19(17)20/h4-5,7-8,11H,3,6,9-10H2,1-2H3. The maximum absolute atomic E-state index is 12.9. The summed E-state index contributed by atoms with van der Waals surface area (Å²) in [6.07, 6.45) is 1.01. The Morgan fingerprint density at radius 3 is 2.74 bits per heavy atom. The van der Waals surface area contributed by atoms with Crippen molar-refractivity contribution in [1.82, 2.24) is 14.9 Å². The second-order valence-corrected chi connectivity index (χ2v) is 6.32. The molecule has 120 valence electrons. The van der Waals surface area contributed by atoms with Crippen LogP contribution in [0.25, 0.3) is 0 Å². The molecule has 3 aliphatic heterocycles. The number of hydrogen-bond donors (Lipinski definition) is 0. The van der Waals surface area contributed by atoms with Gasteiger partial charge < -0.3 is 4.90 Å². The summed E-state index contributed by atoms with van der Waals surface area (Å²) in [5.74, 6) is -0.938. The Labute approximate surface area is 134 Å². The van der Waals surface area contributed by atoms with Crippen molar-refractivity contribution in [3.8, 4) is 0 Å². The molecule has 3 amide bonds. The summed E-state index contributed by atoms with van der Waals surface area (Å²) in [6, 6.07) is 7.45. The van der Waals surface area contributed by atoms with E-state index in [2.05, 4.69) is 0 Å². The number of amides is 3. The predicted molar refractivity (Wildman–Crippen MR) is 81.8 cm³/mol. The van der Waals surface area contributed by atoms with Crippen LogP contribution in [0.3, 0.4) is 0 Å². The number of fused-ring (bicyclic) bond motifs is 1. The zero-order valence-corrected chi connectivity index (χ0v) is 13.3. The summed E-state index contributed by atoms with van der Waals surface area (Å²) < 4.78 is 0. The minimum atomic E-state index is -0.839. The lowest BCUT2D eigenvalue weighted by Gasteiger charge is -2.48. The lowest BCUT2D eigenvalue weighted by atomic mass is 9.86. The molecule has 2 fully saturated rings. The van der Waals surface area contributed by atoms with Gasteiger partial charge in [0.2, 0.25) is 5.91 Å². The van der Waals surface area contributed by atoms with Gasteiger partial charge in [-0.3, -0.25) is 14.4 Å². The highest BCUT2D eigenvalue weighted by Crippen LogP contribution is 2.53. The molecule has 0 aromatic heterocycles. The van der Waals surface area contributed by atoms with E-state index in [0.717, 1.165) is 12.0 Å². The molecule has 23 heavy (non-hydrogen) atoms. The van der Waals surface area contributed by atoms with E-state index in [4.69, 9.17) is 0 Å². The van der Waals surface area contributed by atoms with E-state index < -0.39 is 11.6 Å². The zero-order valence-electron chi connectivity index (χ0n) is 13.3. The van der Waals surface area contributed by atoms with Gasteiger partial charge >= 0.3 is 0 Å². The van der Waals surface area contributed by atoms with Crippen molar-refractivity contribution in [2.45, 2.75) is 32.4 Å². The highest BCUT2D eigenvalue weighted by atomic mass is 16.2. The van der Waals surface area contributed by atoms with Crippen molar-refractivity contribution in [2.24, 2.45) is 5.92 Å². The summed E-state index contributed by atoms with van der Waals surface area (Å²) in [6.45, 7) is 4.78. The molecule has 6 nitrogen and oxygen atoms in total. The quantitative estimate of drug-likeness (QED) is 0.785. The Morgan fingerprint density at radius 2 is 2.00 bits per heavy atom. The molecule has 0 saturated carbocycles. The van der Waals surface area contributed by atoms with E-state index in [1.54, 1.807) is 11.8 Å². The fraction of sp³-hybridized carbons (Fsp3) is 0.471. The average molecular weight is 313 g/mol. The van der Waals surface area contributed by atoms with Crippen LogP contribution in [0.15, 0.2) is 24.3 Å². The first-order valence-electron chi connectivity index (χ1n) is 8.11. The predicted octanol–water partition coefficient (Wildman–Crippen LogP) is 1.33. The van der Waals surface area contributed by atoms with Gasteiger partial charge in [-0.2, -0.15) is 5.01 Å². The highest BCUT2D eigenvalue weighted by Gasteiger charge is 2.67. The molecule has 1 spiro atoms. The van der Waals surface area contributed by atoms with Crippen LogP contribution in [-0.2, 0) is 15.3 Å². The van der Waals surface area contributed by atoms with Gasteiger partial charge in [0.1, 0.15) is 0 Å². The van der Waals surface area contributed by atoms with Crippen LogP contribution >= 0.6 is 0 Å². The summed E-state index contributed by atoms with van der Waals surface area (Å²) >= 11 is 0. The minimum absolute atomic E-state index is 0.0456. The van der Waals surface area contributed by atoms with Crippen molar-refractivity contribution >= 4 is 17.7 Å². The number of rotatable bonds is 1. The first-order valence-corrected chi connectivity index (χ1v) is 8.11. The monoisotopic (exact) mass is 313 g/mol. The molecule has 2 unspecified atom stereocenters. The maximum atomic E-state index is 12.9. The Kier molecular flexibility index (Phi) is 2.90. The van der Waals surface area contributed by atoms with Crippen LogP contribution < -0.4 is 0 Å². The van der Waals surface area contributed by atoms with Gasteiger partial charge in [-0.15, -0.1) is 0 Å². The molecular formula is C17H19N3O3. The number of benzene rings is 1. The Balaban J connectivity index is 1.97. The number of hydrogen-bond acceptors (Lipinski definition) is 4. The fourth-order valence-corrected chi connectivity index (χ4v) is 4.36. The molecule has 3 aliphatic rings. The smallest absolute Gasteiger partial charge is 0.256 e. The Hall–Kier alpha value is -2.21. The molecule has 6 heteroatoms. The summed E-state index contributed by atoms with van der Waals surface area (Å²) in [7, 11) is 0. The first kappa shape index (κ1) is 14.4. The number of nitrogens with zero attached hydrogens (tertiary/aromatic N) is 3. The summed E-state index contributed by atoms with van der Waals surface area (Å²) in [5.41, 5.74) is 0.648. The molecule has 0 N–H and O–H groups in total. The van der Waals surface area contributed by atoms with E-state index >= 15 is 0 Å². The van der Waals surface area contributed by atoms with Crippen LogP contribution in [-0.4, -0.2) is 45.7 Å². The van der Waals surface area contributed by atoms with Crippen LogP contribution in [0.1, 0.15) is 42.6 Å². The van der Waals surface area contributed by atoms with Gasteiger partial charge in [0.25, 0.3) is 11.8 Å². The van der Waals surface area contributed by atoms with E-state index in [1.165, 1.54) is 5.01 Å². The van der Waals surface area contributed by atoms with Crippen LogP contribution in [0.4, 0.5) is 0 Å². The lowest BCUT2D eigenvalue weighted by molar-refractivity contribution is -0.174. The third-order valence-electron chi connectivity index (χ3n) is 5.32. The number of carbonyl (C=O) groups is 3. The van der Waals surface area contributed by atoms with Gasteiger partial charge in [0, 0.05) is 30.6 Å². The zero-order chi connectivity index (χ0) is 16.4. The third kappa shape index (κ3) is 1.49. The molecule has 0 bridgehead atoms. The van der Waals surface area contributed by atoms with E-state index in [0.29, 0.717) is 18.7 Å². The van der Waals surface area contributed by atoms with Gasteiger partial charge in [-0.25, -0.2) is 5.01 Å². The molecule has 2 atom stereocenters. The van der Waals surface area contributed by atoms with Crippen LogP contribution in [0.5, 0.6) is 0 Å². The molecule has 1 aromatic carbocycles. The molecule has 0 radical (unpaired) electrons. The molecule has 3 heterocycles. The topological polar surface area (TPSA) is 60.9 Å². The third-order valence-corrected chi connectivity index (χ3v) is 5.32. The summed E-state index contributed by atoms with van der Waals surface area (Å²) in [4.78, 5) is 39.9. The van der Waals surface area contributed by atoms with Gasteiger partial charge in [-0.05, 0) is 19.4 Å². The van der Waals surface area contributed by atoms with Crippen LogP contribution in [0.2, 0.25) is 0 Å². The minimum Gasteiger partial charge on any atom is -0.314 e. The van der Waals surface area contributed by atoms with Gasteiger partial charge in [0.05, 0.1) is 5.92 Å². The van der Waals surface area contributed by atoms with Crippen molar-refractivity contribution < 1.29 is 14.4 Å². The SMILES string of the molecule is CCC(=O)N1C(=O)C(C)C23c4ccccc4C(=O)N2CCCN13. The average Bonchev–Trinajstić information content (AvgIpc) is 2.98. The fourth-order valence-electron chi connectivity index (χ4n) is 4.36. The van der Waals surface area contributed by atoms with Crippen molar-refractivity contribution in [1.29, 1.82) is 0 Å². The molecule has 1 aromatic rings. The lowest BCUT2D eigenvalue weighted by Crippen LogP contribution is -2.62. The second-order valence-electron chi connectivity index (χ2n) is 6.32. The van der Waals surface area contributed by atoms with Crippen molar-refractivity contribution in [3.63, 3.8) is 0 Å². The maximum Gasteiger partial charge on any atom is 0.256 e. The molecule has 0 aliphatic carbocycles. The van der Waals surface area contributed by atoms with Crippen LogP contribution in [0, 0.1) is 5.92 Å². The molecular weight excluding hydrogens is 294 g/mol. The number of imide groups is 1. The highest BCUT2D eigenvalue weighted by molar-refractivity contribution is 6.04. The number of hydrazine groups is 1. The molecule has 2 saturated heterocycles. The largest absolute Gasteiger partial charge is 0.314 e. The second kappa shape index (κ2) is 4.64. The van der Waals surface area contributed by atoms with E-state index in [-0.39, 0.29) is 24.1 Å². The normalized spacial score (nSPS) is 29.6. The van der Waals surface area contributed by atoms with Gasteiger partial charge in [0.15, 0.2) is 5.66 Å². The van der Waals surface area contributed by atoms with E-state index in [9.17, 15) is 14.4 Å². The summed E-state index contributed by atoms with van der Waals surface area (Å²) in [5, 5.41) is 3.12. The Bertz CT molecular complexity index is 732. The number of carbonyl (C=O) groups excluding carboxylic acids is 3. The van der Waals surface area contributed by atoms with Crippen molar-refractivity contribution in [3.05, 3.63) is 35.4 Å². The molecule has 4 rings (SSSR count). The van der Waals surface area contributed by atoms with Crippen molar-refractivity contribution in [2.75, 3.05) is 13.1 Å². The first-order chi connectivity index (χ1) is 11.0. The Morgan fingerprint density at radius 1 is 1.26 bits per heavy atom.